The van der Waals surface area contributed by atoms with Crippen LogP contribution in [0.3, 0.4) is 0 Å². The highest BCUT2D eigenvalue weighted by Gasteiger charge is 2.13. The summed E-state index contributed by atoms with van der Waals surface area (Å²) in [6.45, 7) is 3.75. The van der Waals surface area contributed by atoms with Crippen LogP contribution in [0.25, 0.3) is 0 Å². The Kier molecular flexibility index (Phi) is 5.16. The van der Waals surface area contributed by atoms with E-state index in [9.17, 15) is 9.59 Å². The molecule has 1 amide bonds. The maximum absolute atomic E-state index is 11.8. The monoisotopic (exact) mass is 269 g/mol. The van der Waals surface area contributed by atoms with Crippen molar-refractivity contribution in [2.24, 2.45) is 5.92 Å². The molecule has 1 aromatic rings. The fourth-order valence-electron chi connectivity index (χ4n) is 1.44. The Morgan fingerprint density at radius 3 is 2.72 bits per heavy atom. The Hall–Kier alpha value is -1.55. The highest BCUT2D eigenvalue weighted by atomic mass is 35.5. The van der Waals surface area contributed by atoms with E-state index in [1.807, 2.05) is 13.0 Å². The van der Waals surface area contributed by atoms with Crippen LogP contribution in [0.2, 0.25) is 5.02 Å². The largest absolute Gasteiger partial charge is 0.481 e. The van der Waals surface area contributed by atoms with Gasteiger partial charge in [-0.15, -0.1) is 0 Å². The van der Waals surface area contributed by atoms with Crippen molar-refractivity contribution in [2.75, 3.05) is 6.54 Å². The minimum Gasteiger partial charge on any atom is -0.481 e. The van der Waals surface area contributed by atoms with Crippen LogP contribution in [0, 0.1) is 12.8 Å². The van der Waals surface area contributed by atoms with Gasteiger partial charge in [-0.3, -0.25) is 9.59 Å². The topological polar surface area (TPSA) is 66.4 Å². The smallest absolute Gasteiger partial charge is 0.306 e. The highest BCUT2D eigenvalue weighted by molar-refractivity contribution is 6.34. The van der Waals surface area contributed by atoms with E-state index in [1.165, 1.54) is 0 Å². The standard InChI is InChI=1S/C13H16ClNO3/c1-8-4-3-5-10(11(8)14)12(16)15-7-6-9(2)13(17)18/h3-5,9H,6-7H2,1-2H3,(H,15,16)(H,17,18). The van der Waals surface area contributed by atoms with Crippen LogP contribution in [0.5, 0.6) is 0 Å². The summed E-state index contributed by atoms with van der Waals surface area (Å²) in [7, 11) is 0. The first kappa shape index (κ1) is 14.5. The number of carboxylic acids is 1. The number of carbonyl (C=O) groups excluding carboxylic acids is 1. The summed E-state index contributed by atoms with van der Waals surface area (Å²) >= 11 is 6.03. The first-order chi connectivity index (χ1) is 8.43. The first-order valence-corrected chi connectivity index (χ1v) is 6.07. The van der Waals surface area contributed by atoms with Crippen molar-refractivity contribution in [3.63, 3.8) is 0 Å². The molecule has 0 spiro atoms. The van der Waals surface area contributed by atoms with Gasteiger partial charge in [0.1, 0.15) is 0 Å². The zero-order valence-corrected chi connectivity index (χ0v) is 11.1. The number of rotatable bonds is 5. The van der Waals surface area contributed by atoms with Crippen LogP contribution in [-0.4, -0.2) is 23.5 Å². The van der Waals surface area contributed by atoms with Gasteiger partial charge >= 0.3 is 5.97 Å². The van der Waals surface area contributed by atoms with Gasteiger partial charge in [0.25, 0.3) is 5.91 Å². The lowest BCUT2D eigenvalue weighted by molar-refractivity contribution is -0.141. The van der Waals surface area contributed by atoms with Gasteiger partial charge in [0.2, 0.25) is 0 Å². The lowest BCUT2D eigenvalue weighted by atomic mass is 10.1. The number of halogens is 1. The Bertz CT molecular complexity index is 460. The van der Waals surface area contributed by atoms with Gasteiger partial charge in [0.15, 0.2) is 0 Å². The van der Waals surface area contributed by atoms with Crippen molar-refractivity contribution in [1.29, 1.82) is 0 Å². The maximum atomic E-state index is 11.8. The third-order valence-corrected chi connectivity index (χ3v) is 3.22. The summed E-state index contributed by atoms with van der Waals surface area (Å²) in [5.41, 5.74) is 1.25. The molecule has 0 aliphatic carbocycles. The summed E-state index contributed by atoms with van der Waals surface area (Å²) < 4.78 is 0. The normalized spacial score (nSPS) is 11.9. The second kappa shape index (κ2) is 6.40. The first-order valence-electron chi connectivity index (χ1n) is 5.69. The third-order valence-electron chi connectivity index (χ3n) is 2.72. The quantitative estimate of drug-likeness (QED) is 0.863. The fraction of sp³-hybridized carbons (Fsp3) is 0.385. The van der Waals surface area contributed by atoms with E-state index in [2.05, 4.69) is 5.32 Å². The molecule has 0 radical (unpaired) electrons. The molecular weight excluding hydrogens is 254 g/mol. The second-order valence-electron chi connectivity index (χ2n) is 4.22. The van der Waals surface area contributed by atoms with E-state index in [0.29, 0.717) is 23.6 Å². The van der Waals surface area contributed by atoms with Gasteiger partial charge in [0.05, 0.1) is 16.5 Å². The van der Waals surface area contributed by atoms with Crippen molar-refractivity contribution < 1.29 is 14.7 Å². The Labute approximate surface area is 111 Å². The lowest BCUT2D eigenvalue weighted by Crippen LogP contribution is -2.27. The molecular formula is C13H16ClNO3. The number of aliphatic carboxylic acids is 1. The Balaban J connectivity index is 2.56. The number of amides is 1. The van der Waals surface area contributed by atoms with Crippen molar-refractivity contribution in [1.82, 2.24) is 5.32 Å². The van der Waals surface area contributed by atoms with Crippen molar-refractivity contribution in [2.45, 2.75) is 20.3 Å². The number of carboxylic acid groups (broad SMARTS) is 1. The van der Waals surface area contributed by atoms with Crippen molar-refractivity contribution in [3.8, 4) is 0 Å². The summed E-state index contributed by atoms with van der Waals surface area (Å²) in [4.78, 5) is 22.4. The minimum absolute atomic E-state index is 0.277. The third kappa shape index (κ3) is 3.74. The van der Waals surface area contributed by atoms with Gasteiger partial charge in [0, 0.05) is 6.54 Å². The van der Waals surface area contributed by atoms with Crippen molar-refractivity contribution in [3.05, 3.63) is 34.3 Å². The molecule has 4 nitrogen and oxygen atoms in total. The maximum Gasteiger partial charge on any atom is 0.306 e. The van der Waals surface area contributed by atoms with Crippen LogP contribution in [0.4, 0.5) is 0 Å². The predicted molar refractivity (Wildman–Crippen MR) is 69.9 cm³/mol. The van der Waals surface area contributed by atoms with Crippen LogP contribution in [0.1, 0.15) is 29.3 Å². The van der Waals surface area contributed by atoms with Gasteiger partial charge in [-0.2, -0.15) is 0 Å². The predicted octanol–water partition coefficient (Wildman–Crippen LogP) is 2.49. The molecule has 98 valence electrons. The molecule has 1 rings (SSSR count). The lowest BCUT2D eigenvalue weighted by Gasteiger charge is -2.09. The van der Waals surface area contributed by atoms with E-state index >= 15 is 0 Å². The number of hydrogen-bond donors (Lipinski definition) is 2. The minimum atomic E-state index is -0.863. The number of carbonyl (C=O) groups is 2. The summed E-state index contributed by atoms with van der Waals surface area (Å²) in [5.74, 6) is -1.61. The SMILES string of the molecule is Cc1cccc(C(=O)NCCC(C)C(=O)O)c1Cl. The average Bonchev–Trinajstić information content (AvgIpc) is 2.32. The van der Waals surface area contributed by atoms with Crippen LogP contribution in [-0.2, 0) is 4.79 Å². The number of nitrogens with one attached hydrogen (secondary N) is 1. The van der Waals surface area contributed by atoms with E-state index in [0.717, 1.165) is 5.56 Å². The van der Waals surface area contributed by atoms with Gasteiger partial charge in [-0.25, -0.2) is 0 Å². The number of hydrogen-bond acceptors (Lipinski definition) is 2. The van der Waals surface area contributed by atoms with Crippen molar-refractivity contribution >= 4 is 23.5 Å². The molecule has 0 aromatic heterocycles. The number of aryl methyl sites for hydroxylation is 1. The summed E-state index contributed by atoms with van der Waals surface area (Å²) in [6.07, 6.45) is 0.393. The summed E-state index contributed by atoms with van der Waals surface area (Å²) in [5, 5.41) is 11.8. The molecule has 0 bridgehead atoms. The molecule has 2 N–H and O–H groups in total. The molecule has 0 aliphatic heterocycles. The molecule has 1 atom stereocenters. The van der Waals surface area contributed by atoms with Crippen LogP contribution < -0.4 is 5.32 Å². The van der Waals surface area contributed by atoms with Gasteiger partial charge in [-0.1, -0.05) is 30.7 Å². The zero-order chi connectivity index (χ0) is 13.7. The molecule has 1 aromatic carbocycles. The van der Waals surface area contributed by atoms with E-state index in [4.69, 9.17) is 16.7 Å². The van der Waals surface area contributed by atoms with E-state index < -0.39 is 11.9 Å². The van der Waals surface area contributed by atoms with Gasteiger partial charge in [-0.05, 0) is 25.0 Å². The molecule has 5 heteroatoms. The zero-order valence-electron chi connectivity index (χ0n) is 10.4. The molecule has 0 saturated carbocycles. The van der Waals surface area contributed by atoms with Crippen LogP contribution in [0.15, 0.2) is 18.2 Å². The number of benzene rings is 1. The molecule has 18 heavy (non-hydrogen) atoms. The fourth-order valence-corrected chi connectivity index (χ4v) is 1.66. The molecule has 0 aliphatic rings. The average molecular weight is 270 g/mol. The molecule has 1 unspecified atom stereocenters. The molecule has 0 saturated heterocycles. The summed E-state index contributed by atoms with van der Waals surface area (Å²) in [6, 6.07) is 5.23. The van der Waals surface area contributed by atoms with E-state index in [1.54, 1.807) is 19.1 Å². The Morgan fingerprint density at radius 2 is 2.11 bits per heavy atom. The Morgan fingerprint density at radius 1 is 1.44 bits per heavy atom. The van der Waals surface area contributed by atoms with E-state index in [-0.39, 0.29) is 5.91 Å². The van der Waals surface area contributed by atoms with Gasteiger partial charge < -0.3 is 10.4 Å². The molecule has 0 heterocycles. The highest BCUT2D eigenvalue weighted by Crippen LogP contribution is 2.19. The molecule has 0 fully saturated rings. The second-order valence-corrected chi connectivity index (χ2v) is 4.60. The van der Waals surface area contributed by atoms with Crippen LogP contribution >= 0.6 is 11.6 Å².